The van der Waals surface area contributed by atoms with E-state index in [1.54, 1.807) is 7.11 Å². The Morgan fingerprint density at radius 1 is 1.00 bits per heavy atom. The van der Waals surface area contributed by atoms with Crippen LogP contribution in [0.1, 0.15) is 47.2 Å². The number of ether oxygens (including phenoxy) is 1. The van der Waals surface area contributed by atoms with Crippen molar-refractivity contribution in [2.75, 3.05) is 33.3 Å². The molecule has 2 amide bonds. The van der Waals surface area contributed by atoms with Crippen LogP contribution in [-0.4, -0.2) is 54.9 Å². The van der Waals surface area contributed by atoms with Crippen LogP contribution in [0.25, 0.3) is 0 Å². The summed E-state index contributed by atoms with van der Waals surface area (Å²) in [4.78, 5) is 29.3. The molecule has 0 atom stereocenters. The Morgan fingerprint density at radius 2 is 1.68 bits per heavy atom. The molecule has 0 aromatic heterocycles. The van der Waals surface area contributed by atoms with Gasteiger partial charge in [0.1, 0.15) is 5.75 Å². The number of nitrogens with zero attached hydrogens (tertiary/aromatic N) is 2. The van der Waals surface area contributed by atoms with E-state index in [-0.39, 0.29) is 17.7 Å². The molecule has 1 saturated heterocycles. The largest absolute Gasteiger partial charge is 0.496 e. The summed E-state index contributed by atoms with van der Waals surface area (Å²) in [5, 5.41) is 0. The van der Waals surface area contributed by atoms with Gasteiger partial charge in [0, 0.05) is 32.1 Å². The summed E-state index contributed by atoms with van der Waals surface area (Å²) >= 11 is 0. The van der Waals surface area contributed by atoms with Gasteiger partial charge in [-0.25, -0.2) is 0 Å². The lowest BCUT2D eigenvalue weighted by Crippen LogP contribution is -2.41. The minimum Gasteiger partial charge on any atom is -0.496 e. The fraction of sp³-hybridized carbons (Fsp3) is 0.600. The Labute approximate surface area is 149 Å². The summed E-state index contributed by atoms with van der Waals surface area (Å²) in [6.07, 6.45) is 4.05. The molecule has 5 nitrogen and oxygen atoms in total. The van der Waals surface area contributed by atoms with Crippen molar-refractivity contribution in [2.24, 2.45) is 5.92 Å². The van der Waals surface area contributed by atoms with Crippen molar-refractivity contribution in [1.29, 1.82) is 0 Å². The van der Waals surface area contributed by atoms with E-state index in [9.17, 15) is 9.59 Å². The highest BCUT2D eigenvalue weighted by Crippen LogP contribution is 2.29. The standard InChI is InChI=1S/C20H28N2O3/c1-14-12-15(2)18(25-3)17(13-14)20(24)22-9-5-8-21(10-11-22)19(23)16-6-4-7-16/h12-13,16H,4-11H2,1-3H3. The lowest BCUT2D eigenvalue weighted by Gasteiger charge is -2.31. The lowest BCUT2D eigenvalue weighted by atomic mass is 9.84. The van der Waals surface area contributed by atoms with Crippen LogP contribution in [0.2, 0.25) is 0 Å². The van der Waals surface area contributed by atoms with Crippen molar-refractivity contribution in [1.82, 2.24) is 9.80 Å². The van der Waals surface area contributed by atoms with Crippen molar-refractivity contribution < 1.29 is 14.3 Å². The first kappa shape index (κ1) is 17.8. The molecule has 25 heavy (non-hydrogen) atoms. The fourth-order valence-electron chi connectivity index (χ4n) is 3.81. The number of carbonyl (C=O) groups is 2. The molecule has 0 radical (unpaired) electrons. The van der Waals surface area contributed by atoms with Crippen LogP contribution in [0.3, 0.4) is 0 Å². The van der Waals surface area contributed by atoms with Crippen molar-refractivity contribution in [2.45, 2.75) is 39.5 Å². The summed E-state index contributed by atoms with van der Waals surface area (Å²) in [5.41, 5.74) is 2.65. The Bertz CT molecular complexity index is 667. The molecule has 1 saturated carbocycles. The second-order valence-corrected chi connectivity index (χ2v) is 7.26. The van der Waals surface area contributed by atoms with Gasteiger partial charge in [-0.15, -0.1) is 0 Å². The zero-order chi connectivity index (χ0) is 18.0. The zero-order valence-electron chi connectivity index (χ0n) is 15.5. The number of amides is 2. The summed E-state index contributed by atoms with van der Waals surface area (Å²) in [7, 11) is 1.61. The van der Waals surface area contributed by atoms with E-state index >= 15 is 0 Å². The molecule has 1 aromatic rings. The maximum atomic E-state index is 13.1. The zero-order valence-corrected chi connectivity index (χ0v) is 15.5. The van der Waals surface area contributed by atoms with Crippen molar-refractivity contribution in [3.63, 3.8) is 0 Å². The van der Waals surface area contributed by atoms with Gasteiger partial charge in [0.15, 0.2) is 0 Å². The predicted octanol–water partition coefficient (Wildman–Crippen LogP) is 2.79. The van der Waals surface area contributed by atoms with Crippen LogP contribution < -0.4 is 4.74 Å². The fourth-order valence-corrected chi connectivity index (χ4v) is 3.81. The van der Waals surface area contributed by atoms with E-state index in [1.807, 2.05) is 35.8 Å². The number of hydrogen-bond donors (Lipinski definition) is 0. The number of aryl methyl sites for hydroxylation is 2. The third-order valence-corrected chi connectivity index (χ3v) is 5.40. The van der Waals surface area contributed by atoms with Gasteiger partial charge in [0.25, 0.3) is 5.91 Å². The molecule has 2 aliphatic rings. The van der Waals surface area contributed by atoms with Crippen LogP contribution in [0.4, 0.5) is 0 Å². The molecule has 1 heterocycles. The van der Waals surface area contributed by atoms with E-state index in [0.29, 0.717) is 30.9 Å². The predicted molar refractivity (Wildman–Crippen MR) is 96.9 cm³/mol. The molecule has 136 valence electrons. The molecule has 5 heteroatoms. The summed E-state index contributed by atoms with van der Waals surface area (Å²) in [6.45, 7) is 6.61. The first-order valence-electron chi connectivity index (χ1n) is 9.24. The number of hydrogen-bond acceptors (Lipinski definition) is 3. The number of rotatable bonds is 3. The molecule has 0 spiro atoms. The second kappa shape index (κ2) is 7.46. The molecule has 0 N–H and O–H groups in total. The van der Waals surface area contributed by atoms with Crippen LogP contribution in [-0.2, 0) is 4.79 Å². The number of benzene rings is 1. The second-order valence-electron chi connectivity index (χ2n) is 7.26. The van der Waals surface area contributed by atoms with Crippen molar-refractivity contribution in [3.05, 3.63) is 28.8 Å². The van der Waals surface area contributed by atoms with E-state index in [2.05, 4.69) is 0 Å². The quantitative estimate of drug-likeness (QED) is 0.847. The average molecular weight is 344 g/mol. The van der Waals surface area contributed by atoms with Crippen LogP contribution >= 0.6 is 0 Å². The Hall–Kier alpha value is -2.04. The smallest absolute Gasteiger partial charge is 0.257 e. The lowest BCUT2D eigenvalue weighted by molar-refractivity contribution is -0.138. The third kappa shape index (κ3) is 3.65. The van der Waals surface area contributed by atoms with Gasteiger partial charge in [0.05, 0.1) is 12.7 Å². The van der Waals surface area contributed by atoms with E-state index in [4.69, 9.17) is 4.74 Å². The van der Waals surface area contributed by atoms with E-state index in [1.165, 1.54) is 6.42 Å². The molecule has 1 aliphatic carbocycles. The minimum atomic E-state index is 0.00148. The molecule has 0 unspecified atom stereocenters. The van der Waals surface area contributed by atoms with Gasteiger partial charge in [-0.2, -0.15) is 0 Å². The molecule has 1 aromatic carbocycles. The molecule has 1 aliphatic heterocycles. The highest BCUT2D eigenvalue weighted by atomic mass is 16.5. The van der Waals surface area contributed by atoms with Gasteiger partial charge in [-0.1, -0.05) is 12.5 Å². The first-order valence-corrected chi connectivity index (χ1v) is 9.24. The SMILES string of the molecule is COc1c(C)cc(C)cc1C(=O)N1CCCN(C(=O)C2CCC2)CC1. The monoisotopic (exact) mass is 344 g/mol. The van der Waals surface area contributed by atoms with Crippen molar-refractivity contribution in [3.8, 4) is 5.75 Å². The molecule has 3 rings (SSSR count). The van der Waals surface area contributed by atoms with Crippen LogP contribution in [0.15, 0.2) is 12.1 Å². The topological polar surface area (TPSA) is 49.9 Å². The summed E-state index contributed by atoms with van der Waals surface area (Å²) in [5.74, 6) is 1.16. The van der Waals surface area contributed by atoms with Gasteiger partial charge >= 0.3 is 0 Å². The highest BCUT2D eigenvalue weighted by Gasteiger charge is 2.31. The van der Waals surface area contributed by atoms with Gasteiger partial charge in [0.2, 0.25) is 5.91 Å². The van der Waals surface area contributed by atoms with Crippen molar-refractivity contribution >= 4 is 11.8 Å². The van der Waals surface area contributed by atoms with Gasteiger partial charge in [-0.3, -0.25) is 9.59 Å². The third-order valence-electron chi connectivity index (χ3n) is 5.40. The Morgan fingerprint density at radius 3 is 2.32 bits per heavy atom. The van der Waals surface area contributed by atoms with Crippen LogP contribution in [0, 0.1) is 19.8 Å². The molecule has 0 bridgehead atoms. The van der Waals surface area contributed by atoms with E-state index in [0.717, 1.165) is 36.9 Å². The highest BCUT2D eigenvalue weighted by molar-refractivity contribution is 5.97. The molecular formula is C20H28N2O3. The maximum absolute atomic E-state index is 13.1. The van der Waals surface area contributed by atoms with Gasteiger partial charge < -0.3 is 14.5 Å². The average Bonchev–Trinajstić information content (AvgIpc) is 2.77. The summed E-state index contributed by atoms with van der Waals surface area (Å²) < 4.78 is 5.48. The number of methoxy groups -OCH3 is 1. The minimum absolute atomic E-state index is 0.00148. The number of carbonyl (C=O) groups excluding carboxylic acids is 2. The van der Waals surface area contributed by atoms with Crippen LogP contribution in [0.5, 0.6) is 5.75 Å². The van der Waals surface area contributed by atoms with E-state index < -0.39 is 0 Å². The summed E-state index contributed by atoms with van der Waals surface area (Å²) in [6, 6.07) is 3.92. The Kier molecular flexibility index (Phi) is 5.30. The van der Waals surface area contributed by atoms with Gasteiger partial charge in [-0.05, 0) is 50.3 Å². The molecular weight excluding hydrogens is 316 g/mol. The molecule has 2 fully saturated rings. The first-order chi connectivity index (χ1) is 12.0. The maximum Gasteiger partial charge on any atom is 0.257 e. The Balaban J connectivity index is 1.72. The normalized spacial score (nSPS) is 18.5.